The van der Waals surface area contributed by atoms with Crippen molar-refractivity contribution < 1.29 is 4.79 Å². The molecule has 2 aliphatic heterocycles. The van der Waals surface area contributed by atoms with Gasteiger partial charge in [-0.15, -0.1) is 11.3 Å². The van der Waals surface area contributed by atoms with Gasteiger partial charge in [0.25, 0.3) is 0 Å². The minimum Gasteiger partial charge on any atom is -0.325 e. The highest BCUT2D eigenvalue weighted by Gasteiger charge is 2.26. The van der Waals surface area contributed by atoms with Crippen molar-refractivity contribution in [3.8, 4) is 0 Å². The monoisotopic (exact) mass is 401 g/mol. The van der Waals surface area contributed by atoms with E-state index in [1.807, 2.05) is 35.2 Å². The van der Waals surface area contributed by atoms with Crippen LogP contribution >= 0.6 is 23.1 Å². The molecule has 0 bridgehead atoms. The third-order valence-electron chi connectivity index (χ3n) is 5.44. The second-order valence-corrected chi connectivity index (χ2v) is 9.52. The molecule has 1 unspecified atom stereocenters. The average Bonchev–Trinajstić information content (AvgIpc) is 3.15. The molecule has 1 atom stereocenters. The Morgan fingerprint density at radius 3 is 2.93 bits per heavy atom. The van der Waals surface area contributed by atoms with Gasteiger partial charge in [0.1, 0.15) is 0 Å². The van der Waals surface area contributed by atoms with Crippen molar-refractivity contribution in [2.24, 2.45) is 0 Å². The van der Waals surface area contributed by atoms with Gasteiger partial charge in [-0.05, 0) is 48.1 Å². The van der Waals surface area contributed by atoms with Gasteiger partial charge in [-0.1, -0.05) is 12.1 Å². The molecule has 1 fully saturated rings. The van der Waals surface area contributed by atoms with E-state index in [2.05, 4.69) is 45.6 Å². The van der Waals surface area contributed by atoms with Crippen molar-refractivity contribution in [2.75, 3.05) is 43.0 Å². The van der Waals surface area contributed by atoms with Crippen molar-refractivity contribution >= 4 is 34.7 Å². The van der Waals surface area contributed by atoms with E-state index in [0.29, 0.717) is 12.6 Å². The molecule has 0 saturated carbocycles. The Labute approximate surface area is 169 Å². The summed E-state index contributed by atoms with van der Waals surface area (Å²) < 4.78 is 0. The van der Waals surface area contributed by atoms with Gasteiger partial charge in [0, 0.05) is 54.3 Å². The minimum absolute atomic E-state index is 0.0772. The number of thioether (sulfide) groups is 1. The number of rotatable bonds is 5. The number of nitrogens with one attached hydrogen (secondary N) is 1. The van der Waals surface area contributed by atoms with Crippen LogP contribution in [0.2, 0.25) is 0 Å². The van der Waals surface area contributed by atoms with Crippen LogP contribution in [0, 0.1) is 0 Å². The van der Waals surface area contributed by atoms with Gasteiger partial charge in [-0.25, -0.2) is 0 Å². The standard InChI is InChI=1S/C21H27N3OS2/c1-16-21-18(6-10-27-21)5-7-24(16)15-20(25)22-19-4-2-3-17(13-19)14-23-8-11-26-12-9-23/h2-4,6,10,13,16H,5,7-9,11-12,14-15H2,1H3,(H,22,25). The average molecular weight is 402 g/mol. The quantitative estimate of drug-likeness (QED) is 0.825. The van der Waals surface area contributed by atoms with Crippen LogP contribution in [0.3, 0.4) is 0 Å². The second kappa shape index (κ2) is 8.78. The van der Waals surface area contributed by atoms with E-state index in [-0.39, 0.29) is 5.91 Å². The Morgan fingerprint density at radius 2 is 2.07 bits per heavy atom. The molecule has 1 saturated heterocycles. The number of nitrogens with zero attached hydrogens (tertiary/aromatic N) is 2. The summed E-state index contributed by atoms with van der Waals surface area (Å²) in [6.07, 6.45) is 1.04. The molecule has 4 nitrogen and oxygen atoms in total. The summed E-state index contributed by atoms with van der Waals surface area (Å²) in [6.45, 7) is 6.88. The fourth-order valence-corrected chi connectivity index (χ4v) is 5.94. The lowest BCUT2D eigenvalue weighted by Crippen LogP contribution is -2.39. The van der Waals surface area contributed by atoms with Crippen molar-refractivity contribution in [3.05, 3.63) is 51.7 Å². The maximum Gasteiger partial charge on any atom is 0.238 e. The van der Waals surface area contributed by atoms with Gasteiger partial charge in [0.15, 0.2) is 0 Å². The molecule has 2 aromatic rings. The Kier molecular flexibility index (Phi) is 6.18. The number of thiophene rings is 1. The molecule has 6 heteroatoms. The molecular weight excluding hydrogens is 374 g/mol. The lowest BCUT2D eigenvalue weighted by atomic mass is 10.0. The van der Waals surface area contributed by atoms with Gasteiger partial charge in [0.05, 0.1) is 6.54 Å². The normalized spacial score (nSPS) is 21.0. The zero-order valence-corrected chi connectivity index (χ0v) is 17.5. The van der Waals surface area contributed by atoms with Gasteiger partial charge in [0.2, 0.25) is 5.91 Å². The summed E-state index contributed by atoms with van der Waals surface area (Å²) in [4.78, 5) is 18.8. The molecule has 0 aliphatic carbocycles. The van der Waals surface area contributed by atoms with Crippen LogP contribution < -0.4 is 5.32 Å². The minimum atomic E-state index is 0.0772. The molecule has 4 rings (SSSR count). The topological polar surface area (TPSA) is 35.6 Å². The molecule has 144 valence electrons. The summed E-state index contributed by atoms with van der Waals surface area (Å²) >= 11 is 3.84. The highest BCUT2D eigenvalue weighted by molar-refractivity contribution is 7.99. The number of hydrogen-bond acceptors (Lipinski definition) is 5. The molecule has 0 spiro atoms. The van der Waals surface area contributed by atoms with E-state index in [1.54, 1.807) is 0 Å². The van der Waals surface area contributed by atoms with E-state index in [0.717, 1.165) is 38.3 Å². The predicted molar refractivity (Wildman–Crippen MR) is 116 cm³/mol. The third kappa shape index (κ3) is 4.74. The smallest absolute Gasteiger partial charge is 0.238 e. The summed E-state index contributed by atoms with van der Waals surface area (Å²) in [5.74, 6) is 2.51. The molecule has 3 heterocycles. The first-order valence-corrected chi connectivity index (χ1v) is 11.7. The Balaban J connectivity index is 1.33. The molecule has 0 radical (unpaired) electrons. The summed E-state index contributed by atoms with van der Waals surface area (Å²) in [5.41, 5.74) is 3.63. The molecule has 27 heavy (non-hydrogen) atoms. The van der Waals surface area contributed by atoms with Crippen molar-refractivity contribution in [1.82, 2.24) is 9.80 Å². The van der Waals surface area contributed by atoms with E-state index < -0.39 is 0 Å². The first-order valence-electron chi connectivity index (χ1n) is 9.68. The number of carbonyl (C=O) groups excluding carboxylic acids is 1. The van der Waals surface area contributed by atoms with Gasteiger partial charge in [-0.3, -0.25) is 14.6 Å². The van der Waals surface area contributed by atoms with Crippen LogP contribution in [0.25, 0.3) is 0 Å². The second-order valence-electron chi connectivity index (χ2n) is 7.34. The summed E-state index contributed by atoms with van der Waals surface area (Å²) in [5, 5.41) is 5.27. The Hall–Kier alpha value is -1.34. The Morgan fingerprint density at radius 1 is 1.22 bits per heavy atom. The first kappa shape index (κ1) is 19.0. The molecular formula is C21H27N3OS2. The largest absolute Gasteiger partial charge is 0.325 e. The number of benzene rings is 1. The van der Waals surface area contributed by atoms with Crippen LogP contribution in [-0.4, -0.2) is 53.4 Å². The number of fused-ring (bicyclic) bond motifs is 1. The van der Waals surface area contributed by atoms with Crippen LogP contribution in [0.1, 0.15) is 29.0 Å². The molecule has 1 aromatic carbocycles. The maximum atomic E-state index is 12.6. The zero-order valence-electron chi connectivity index (χ0n) is 15.8. The Bertz CT molecular complexity index is 785. The van der Waals surface area contributed by atoms with Crippen LogP contribution in [0.4, 0.5) is 5.69 Å². The molecule has 1 N–H and O–H groups in total. The van der Waals surface area contributed by atoms with Crippen LogP contribution in [-0.2, 0) is 17.8 Å². The fourth-order valence-electron chi connectivity index (χ4n) is 3.91. The predicted octanol–water partition coefficient (Wildman–Crippen LogP) is 3.85. The van der Waals surface area contributed by atoms with E-state index >= 15 is 0 Å². The van der Waals surface area contributed by atoms with Crippen LogP contribution in [0.15, 0.2) is 35.7 Å². The molecule has 2 aliphatic rings. The lowest BCUT2D eigenvalue weighted by Gasteiger charge is -2.32. The van der Waals surface area contributed by atoms with Gasteiger partial charge >= 0.3 is 0 Å². The summed E-state index contributed by atoms with van der Waals surface area (Å²) in [6, 6.07) is 10.9. The van der Waals surface area contributed by atoms with Gasteiger partial charge in [-0.2, -0.15) is 11.8 Å². The number of amides is 1. The van der Waals surface area contributed by atoms with E-state index in [1.165, 1.54) is 27.5 Å². The molecule has 1 aromatic heterocycles. The third-order valence-corrected chi connectivity index (χ3v) is 7.52. The van der Waals surface area contributed by atoms with Crippen LogP contribution in [0.5, 0.6) is 0 Å². The number of carbonyl (C=O) groups is 1. The fraction of sp³-hybridized carbons (Fsp3) is 0.476. The lowest BCUT2D eigenvalue weighted by molar-refractivity contribution is -0.117. The first-order chi connectivity index (χ1) is 13.2. The van der Waals surface area contributed by atoms with Crippen molar-refractivity contribution in [1.29, 1.82) is 0 Å². The molecule has 1 amide bonds. The highest BCUT2D eigenvalue weighted by atomic mass is 32.2. The van der Waals surface area contributed by atoms with E-state index in [9.17, 15) is 4.79 Å². The maximum absolute atomic E-state index is 12.6. The van der Waals surface area contributed by atoms with Crippen molar-refractivity contribution in [2.45, 2.75) is 25.9 Å². The zero-order chi connectivity index (χ0) is 18.6. The SMILES string of the molecule is CC1c2sccc2CCN1CC(=O)Nc1cccc(CN2CCSCC2)c1. The van der Waals surface area contributed by atoms with E-state index in [4.69, 9.17) is 0 Å². The highest BCUT2D eigenvalue weighted by Crippen LogP contribution is 2.33. The number of hydrogen-bond donors (Lipinski definition) is 1. The summed E-state index contributed by atoms with van der Waals surface area (Å²) in [7, 11) is 0. The van der Waals surface area contributed by atoms with Gasteiger partial charge < -0.3 is 5.32 Å². The van der Waals surface area contributed by atoms with Crippen molar-refractivity contribution in [3.63, 3.8) is 0 Å². The number of anilines is 1.